The molecule has 0 spiro atoms. The second-order valence-corrected chi connectivity index (χ2v) is 7.73. The molecule has 1 aromatic rings. The number of hydrogen-bond donors (Lipinski definition) is 0. The Bertz CT molecular complexity index is 856. The van der Waals surface area contributed by atoms with Gasteiger partial charge in [-0.25, -0.2) is 0 Å². The van der Waals surface area contributed by atoms with E-state index in [0.717, 1.165) is 11.0 Å². The van der Waals surface area contributed by atoms with Crippen LogP contribution < -0.4 is 0 Å². The van der Waals surface area contributed by atoms with Crippen molar-refractivity contribution in [3.8, 4) is 0 Å². The standard InChI is InChI=1S/C16H14Cl2N2O6S/c1-8(2)7-26-14(21)6-19-15(22)13(27-16(19)23)4-9-3-12(20(24)25)11(18)5-10(9)17/h3-5,8H,6-7H2,1-2H3/b13-4-. The van der Waals surface area contributed by atoms with Gasteiger partial charge >= 0.3 is 5.97 Å². The summed E-state index contributed by atoms with van der Waals surface area (Å²) < 4.78 is 4.97. The van der Waals surface area contributed by atoms with Gasteiger partial charge in [-0.3, -0.25) is 29.4 Å². The maximum atomic E-state index is 12.4. The monoisotopic (exact) mass is 432 g/mol. The molecule has 0 aliphatic carbocycles. The summed E-state index contributed by atoms with van der Waals surface area (Å²) in [4.78, 5) is 47.2. The largest absolute Gasteiger partial charge is 0.464 e. The molecule has 1 aliphatic heterocycles. The van der Waals surface area contributed by atoms with Gasteiger partial charge in [-0.15, -0.1) is 0 Å². The van der Waals surface area contributed by atoms with Gasteiger partial charge in [0.05, 0.1) is 16.4 Å². The normalized spacial score (nSPS) is 15.7. The third kappa shape index (κ3) is 5.21. The molecule has 1 aromatic carbocycles. The number of carbonyl (C=O) groups is 3. The van der Waals surface area contributed by atoms with Crippen molar-refractivity contribution < 1.29 is 24.0 Å². The fourth-order valence-corrected chi connectivity index (χ4v) is 3.35. The smallest absolute Gasteiger partial charge is 0.326 e. The third-order valence-corrected chi connectivity index (χ3v) is 4.83. The fourth-order valence-electron chi connectivity index (χ4n) is 2.02. The zero-order valence-corrected chi connectivity index (χ0v) is 16.6. The molecule has 0 radical (unpaired) electrons. The maximum Gasteiger partial charge on any atom is 0.326 e. The highest BCUT2D eigenvalue weighted by Gasteiger charge is 2.37. The molecule has 0 atom stereocenters. The van der Waals surface area contributed by atoms with E-state index in [1.165, 1.54) is 12.1 Å². The van der Waals surface area contributed by atoms with Gasteiger partial charge < -0.3 is 4.74 Å². The number of thioether (sulfide) groups is 1. The number of carbonyl (C=O) groups excluding carboxylic acids is 3. The number of imide groups is 1. The molecule has 27 heavy (non-hydrogen) atoms. The number of benzene rings is 1. The zero-order valence-electron chi connectivity index (χ0n) is 14.2. The number of halogens is 2. The van der Waals surface area contributed by atoms with E-state index < -0.39 is 28.6 Å². The molecule has 0 aromatic heterocycles. The van der Waals surface area contributed by atoms with Crippen LogP contribution in [0.1, 0.15) is 19.4 Å². The van der Waals surface area contributed by atoms with Gasteiger partial charge in [-0.2, -0.15) is 0 Å². The molecule has 0 saturated carbocycles. The van der Waals surface area contributed by atoms with Crippen LogP contribution in [0.5, 0.6) is 0 Å². The number of rotatable bonds is 6. The molecular weight excluding hydrogens is 419 g/mol. The molecule has 0 N–H and O–H groups in total. The molecule has 1 aliphatic rings. The summed E-state index contributed by atoms with van der Waals surface area (Å²) in [5, 5.41) is 10.3. The lowest BCUT2D eigenvalue weighted by Gasteiger charge is -2.12. The van der Waals surface area contributed by atoms with E-state index in [4.69, 9.17) is 27.9 Å². The summed E-state index contributed by atoms with van der Waals surface area (Å²) in [6, 6.07) is 2.29. The summed E-state index contributed by atoms with van der Waals surface area (Å²) in [5.41, 5.74) is -0.232. The Labute approximate surface area is 168 Å². The molecular formula is C16H14Cl2N2O6S. The van der Waals surface area contributed by atoms with Crippen molar-refractivity contribution in [2.45, 2.75) is 13.8 Å². The van der Waals surface area contributed by atoms with Crippen molar-refractivity contribution in [2.24, 2.45) is 5.92 Å². The quantitative estimate of drug-likeness (QED) is 0.287. The second kappa shape index (κ2) is 8.73. The van der Waals surface area contributed by atoms with Crippen molar-refractivity contribution in [1.82, 2.24) is 4.90 Å². The molecule has 11 heteroatoms. The van der Waals surface area contributed by atoms with Crippen molar-refractivity contribution in [3.63, 3.8) is 0 Å². The molecule has 1 saturated heterocycles. The van der Waals surface area contributed by atoms with Crippen LogP contribution in [-0.2, 0) is 14.3 Å². The summed E-state index contributed by atoms with van der Waals surface area (Å²) in [7, 11) is 0. The van der Waals surface area contributed by atoms with E-state index >= 15 is 0 Å². The first-order valence-electron chi connectivity index (χ1n) is 7.64. The van der Waals surface area contributed by atoms with Gasteiger partial charge in [0.1, 0.15) is 11.6 Å². The summed E-state index contributed by atoms with van der Waals surface area (Å²) in [5.74, 6) is -1.29. The van der Waals surface area contributed by atoms with Crippen LogP contribution in [0.15, 0.2) is 17.0 Å². The van der Waals surface area contributed by atoms with Gasteiger partial charge in [0.25, 0.3) is 16.8 Å². The number of amides is 2. The lowest BCUT2D eigenvalue weighted by atomic mass is 10.2. The predicted octanol–water partition coefficient (Wildman–Crippen LogP) is 4.14. The van der Waals surface area contributed by atoms with Crippen LogP contribution in [0.2, 0.25) is 10.0 Å². The van der Waals surface area contributed by atoms with Gasteiger partial charge in [-0.1, -0.05) is 37.0 Å². The summed E-state index contributed by atoms with van der Waals surface area (Å²) in [6.45, 7) is 3.37. The van der Waals surface area contributed by atoms with E-state index in [1.807, 2.05) is 13.8 Å². The van der Waals surface area contributed by atoms with Crippen LogP contribution in [-0.4, -0.2) is 40.1 Å². The Hall–Kier alpha value is -2.10. The molecule has 0 bridgehead atoms. The van der Waals surface area contributed by atoms with Crippen molar-refractivity contribution in [2.75, 3.05) is 13.2 Å². The highest BCUT2D eigenvalue weighted by atomic mass is 35.5. The van der Waals surface area contributed by atoms with Crippen molar-refractivity contribution in [1.29, 1.82) is 0 Å². The number of nitro benzene ring substituents is 1. The van der Waals surface area contributed by atoms with Crippen LogP contribution in [0.25, 0.3) is 6.08 Å². The van der Waals surface area contributed by atoms with E-state index in [9.17, 15) is 24.5 Å². The number of nitro groups is 1. The molecule has 2 rings (SSSR count). The van der Waals surface area contributed by atoms with Crippen molar-refractivity contribution >= 4 is 63.8 Å². The SMILES string of the molecule is CC(C)COC(=O)CN1C(=O)S/C(=C\c2cc([N+](=O)[O-])c(Cl)cc2Cl)C1=O. The van der Waals surface area contributed by atoms with E-state index in [-0.39, 0.29) is 38.7 Å². The molecule has 1 heterocycles. The van der Waals surface area contributed by atoms with Gasteiger partial charge in [0, 0.05) is 16.7 Å². The minimum atomic E-state index is -0.708. The van der Waals surface area contributed by atoms with Crippen molar-refractivity contribution in [3.05, 3.63) is 42.8 Å². The topological polar surface area (TPSA) is 107 Å². The Balaban J connectivity index is 2.22. The van der Waals surface area contributed by atoms with Gasteiger partial charge in [0.15, 0.2) is 0 Å². The van der Waals surface area contributed by atoms with E-state index in [1.54, 1.807) is 0 Å². The molecule has 8 nitrogen and oxygen atoms in total. The number of nitrogens with zero attached hydrogens (tertiary/aromatic N) is 2. The Morgan fingerprint density at radius 1 is 1.33 bits per heavy atom. The lowest BCUT2D eigenvalue weighted by molar-refractivity contribution is -0.384. The number of ether oxygens (including phenoxy) is 1. The minimum absolute atomic E-state index is 0.0184. The van der Waals surface area contributed by atoms with Gasteiger partial charge in [-0.05, 0) is 29.8 Å². The van der Waals surface area contributed by atoms with Gasteiger partial charge in [0.2, 0.25) is 0 Å². The highest BCUT2D eigenvalue weighted by molar-refractivity contribution is 8.18. The fraction of sp³-hybridized carbons (Fsp3) is 0.312. The Morgan fingerprint density at radius 2 is 2.00 bits per heavy atom. The highest BCUT2D eigenvalue weighted by Crippen LogP contribution is 2.36. The average Bonchev–Trinajstić information content (AvgIpc) is 2.82. The molecule has 2 amide bonds. The first-order chi connectivity index (χ1) is 12.6. The molecule has 1 fully saturated rings. The van der Waals surface area contributed by atoms with Crippen LogP contribution >= 0.6 is 35.0 Å². The summed E-state index contributed by atoms with van der Waals surface area (Å²) >= 11 is 12.4. The molecule has 144 valence electrons. The maximum absolute atomic E-state index is 12.4. The predicted molar refractivity (Wildman–Crippen MR) is 102 cm³/mol. The second-order valence-electron chi connectivity index (χ2n) is 5.93. The zero-order chi connectivity index (χ0) is 20.3. The molecule has 0 unspecified atom stereocenters. The van der Waals surface area contributed by atoms with E-state index in [0.29, 0.717) is 11.8 Å². The summed E-state index contributed by atoms with van der Waals surface area (Å²) in [6.07, 6.45) is 1.25. The van der Waals surface area contributed by atoms with Crippen LogP contribution in [0.4, 0.5) is 10.5 Å². The van der Waals surface area contributed by atoms with E-state index in [2.05, 4.69) is 0 Å². The number of hydrogen-bond acceptors (Lipinski definition) is 7. The minimum Gasteiger partial charge on any atom is -0.464 e. The van der Waals surface area contributed by atoms with Crippen LogP contribution in [0, 0.1) is 16.0 Å². The Kier molecular flexibility index (Phi) is 6.85. The third-order valence-electron chi connectivity index (χ3n) is 3.29. The first-order valence-corrected chi connectivity index (χ1v) is 9.21. The number of esters is 1. The average molecular weight is 433 g/mol. The first kappa shape index (κ1) is 21.2. The van der Waals surface area contributed by atoms with Crippen LogP contribution in [0.3, 0.4) is 0 Å². The lowest BCUT2D eigenvalue weighted by Crippen LogP contribution is -2.34. The Morgan fingerprint density at radius 3 is 2.59 bits per heavy atom.